The molecule has 2 amide bonds. The predicted octanol–water partition coefficient (Wildman–Crippen LogP) is 3.76. The van der Waals surface area contributed by atoms with Gasteiger partial charge in [-0.25, -0.2) is 0 Å². The van der Waals surface area contributed by atoms with Gasteiger partial charge in [-0.15, -0.1) is 0 Å². The number of amides is 2. The van der Waals surface area contributed by atoms with E-state index in [0.29, 0.717) is 0 Å². The van der Waals surface area contributed by atoms with Crippen molar-refractivity contribution in [3.8, 4) is 0 Å². The van der Waals surface area contributed by atoms with Crippen LogP contribution in [0.15, 0.2) is 22.8 Å². The third-order valence-corrected chi connectivity index (χ3v) is 7.34. The maximum atomic E-state index is 13.0. The van der Waals surface area contributed by atoms with Crippen LogP contribution >= 0.6 is 0 Å². The molecule has 4 saturated carbocycles. The van der Waals surface area contributed by atoms with Crippen LogP contribution in [0.2, 0.25) is 0 Å². The number of carbonyl (C=O) groups is 2. The summed E-state index contributed by atoms with van der Waals surface area (Å²) in [6.07, 6.45) is 9.42. The minimum absolute atomic E-state index is 0.00692. The van der Waals surface area contributed by atoms with Crippen LogP contribution < -0.4 is 10.6 Å². The molecule has 4 fully saturated rings. The van der Waals surface area contributed by atoms with E-state index in [9.17, 15) is 9.59 Å². The number of carbonyl (C=O) groups excluding carboxylic acids is 2. The van der Waals surface area contributed by atoms with Gasteiger partial charge in [0, 0.05) is 6.04 Å². The summed E-state index contributed by atoms with van der Waals surface area (Å²) in [4.78, 5) is 25.4. The zero-order chi connectivity index (χ0) is 19.2. The topological polar surface area (TPSA) is 71.3 Å². The Morgan fingerprint density at radius 3 is 2.11 bits per heavy atom. The second-order valence-electron chi connectivity index (χ2n) is 9.68. The van der Waals surface area contributed by atoms with E-state index in [2.05, 4.69) is 17.6 Å². The van der Waals surface area contributed by atoms with E-state index >= 15 is 0 Å². The van der Waals surface area contributed by atoms with Gasteiger partial charge in [0.15, 0.2) is 5.76 Å². The molecular weight excluding hydrogens is 340 g/mol. The van der Waals surface area contributed by atoms with Gasteiger partial charge in [0.2, 0.25) is 5.91 Å². The number of furan rings is 1. The van der Waals surface area contributed by atoms with Crippen molar-refractivity contribution in [3.63, 3.8) is 0 Å². The molecule has 4 aliphatic rings. The quantitative estimate of drug-likeness (QED) is 0.799. The van der Waals surface area contributed by atoms with E-state index in [1.54, 1.807) is 12.1 Å². The number of hydrogen-bond donors (Lipinski definition) is 2. The molecule has 5 heteroatoms. The lowest BCUT2D eigenvalue weighted by Gasteiger charge is -2.59. The Morgan fingerprint density at radius 2 is 1.63 bits per heavy atom. The molecule has 0 saturated heterocycles. The fourth-order valence-corrected chi connectivity index (χ4v) is 6.32. The second-order valence-corrected chi connectivity index (χ2v) is 9.68. The Hall–Kier alpha value is -1.78. The second kappa shape index (κ2) is 6.99. The van der Waals surface area contributed by atoms with Gasteiger partial charge in [-0.1, -0.05) is 13.8 Å². The van der Waals surface area contributed by atoms with Crippen molar-refractivity contribution >= 4 is 11.8 Å². The molecule has 0 spiro atoms. The summed E-state index contributed by atoms with van der Waals surface area (Å²) in [6.45, 7) is 6.10. The SMILES string of the molecule is CC(C)[C@@H](NC(=O)c1ccco1)C(=O)NC(C)C12CC3CC(CC(C3)C1)C2. The number of rotatable bonds is 6. The van der Waals surface area contributed by atoms with Gasteiger partial charge in [-0.2, -0.15) is 0 Å². The molecule has 1 aromatic rings. The number of nitrogens with one attached hydrogen (secondary N) is 2. The smallest absolute Gasteiger partial charge is 0.287 e. The third-order valence-electron chi connectivity index (χ3n) is 7.34. The van der Waals surface area contributed by atoms with Gasteiger partial charge >= 0.3 is 0 Å². The fraction of sp³-hybridized carbons (Fsp3) is 0.727. The van der Waals surface area contributed by atoms with E-state index in [4.69, 9.17) is 4.42 Å². The maximum absolute atomic E-state index is 13.0. The van der Waals surface area contributed by atoms with Gasteiger partial charge in [0.05, 0.1) is 6.26 Å². The highest BCUT2D eigenvalue weighted by Gasteiger charge is 2.53. The molecule has 2 atom stereocenters. The van der Waals surface area contributed by atoms with Crippen molar-refractivity contribution < 1.29 is 14.0 Å². The Balaban J connectivity index is 1.42. The van der Waals surface area contributed by atoms with Crippen LogP contribution in [0.25, 0.3) is 0 Å². The van der Waals surface area contributed by atoms with Gasteiger partial charge in [-0.05, 0) is 86.7 Å². The van der Waals surface area contributed by atoms with Crippen molar-refractivity contribution in [2.24, 2.45) is 29.1 Å². The van der Waals surface area contributed by atoms with Crippen LogP contribution in [-0.2, 0) is 4.79 Å². The average molecular weight is 373 g/mol. The first-order valence-corrected chi connectivity index (χ1v) is 10.5. The monoisotopic (exact) mass is 372 g/mol. The summed E-state index contributed by atoms with van der Waals surface area (Å²) >= 11 is 0. The molecule has 148 valence electrons. The summed E-state index contributed by atoms with van der Waals surface area (Å²) in [6, 6.07) is 2.89. The molecule has 1 unspecified atom stereocenters. The maximum Gasteiger partial charge on any atom is 0.287 e. The zero-order valence-corrected chi connectivity index (χ0v) is 16.7. The van der Waals surface area contributed by atoms with Crippen LogP contribution in [0.3, 0.4) is 0 Å². The molecule has 4 aliphatic carbocycles. The molecule has 0 aliphatic heterocycles. The van der Waals surface area contributed by atoms with Gasteiger partial charge in [0.25, 0.3) is 5.91 Å². The van der Waals surface area contributed by atoms with E-state index in [1.165, 1.54) is 44.8 Å². The highest BCUT2D eigenvalue weighted by atomic mass is 16.3. The van der Waals surface area contributed by atoms with Gasteiger partial charge < -0.3 is 15.1 Å². The Bertz CT molecular complexity index is 659. The molecule has 1 heterocycles. The lowest BCUT2D eigenvalue weighted by Crippen LogP contribution is -2.59. The van der Waals surface area contributed by atoms with E-state index in [0.717, 1.165) is 17.8 Å². The fourth-order valence-electron chi connectivity index (χ4n) is 6.32. The Labute approximate surface area is 161 Å². The van der Waals surface area contributed by atoms with Crippen molar-refractivity contribution in [1.82, 2.24) is 10.6 Å². The minimum Gasteiger partial charge on any atom is -0.459 e. The molecule has 0 aromatic carbocycles. The van der Waals surface area contributed by atoms with Crippen molar-refractivity contribution in [2.45, 2.75) is 71.4 Å². The van der Waals surface area contributed by atoms with E-state index in [-0.39, 0.29) is 34.9 Å². The molecule has 5 nitrogen and oxygen atoms in total. The van der Waals surface area contributed by atoms with Crippen LogP contribution in [0, 0.1) is 29.1 Å². The molecule has 1 aromatic heterocycles. The van der Waals surface area contributed by atoms with Crippen molar-refractivity contribution in [1.29, 1.82) is 0 Å². The normalized spacial score (nSPS) is 33.7. The molecule has 5 rings (SSSR count). The summed E-state index contributed by atoms with van der Waals surface area (Å²) in [7, 11) is 0. The van der Waals surface area contributed by atoms with Crippen LogP contribution in [0.4, 0.5) is 0 Å². The largest absolute Gasteiger partial charge is 0.459 e. The standard InChI is InChI=1S/C22H32N2O3/c1-13(2)19(24-20(25)18-5-4-6-27-18)21(26)23-14(3)22-10-15-7-16(11-22)9-17(8-15)12-22/h4-6,13-17,19H,7-12H2,1-3H3,(H,23,26)(H,24,25)/t14?,15?,16?,17?,19-,22?/m1/s1. The van der Waals surface area contributed by atoms with Gasteiger partial charge in [0.1, 0.15) is 6.04 Å². The van der Waals surface area contributed by atoms with Crippen molar-refractivity contribution in [2.75, 3.05) is 0 Å². The first-order valence-electron chi connectivity index (χ1n) is 10.5. The number of hydrogen-bond acceptors (Lipinski definition) is 3. The predicted molar refractivity (Wildman–Crippen MR) is 103 cm³/mol. The van der Waals surface area contributed by atoms with Crippen LogP contribution in [-0.4, -0.2) is 23.9 Å². The highest BCUT2D eigenvalue weighted by molar-refractivity contribution is 5.95. The summed E-state index contributed by atoms with van der Waals surface area (Å²) < 4.78 is 5.16. The van der Waals surface area contributed by atoms with Crippen LogP contribution in [0.1, 0.15) is 69.9 Å². The molecule has 0 radical (unpaired) electrons. The lowest BCUT2D eigenvalue weighted by atomic mass is 9.48. The molecular formula is C22H32N2O3. The molecule has 2 N–H and O–H groups in total. The minimum atomic E-state index is -0.557. The first kappa shape index (κ1) is 18.6. The van der Waals surface area contributed by atoms with Gasteiger partial charge in [-0.3, -0.25) is 9.59 Å². The van der Waals surface area contributed by atoms with Crippen molar-refractivity contribution in [3.05, 3.63) is 24.2 Å². The highest BCUT2D eigenvalue weighted by Crippen LogP contribution is 2.61. The Morgan fingerprint density at radius 1 is 1.04 bits per heavy atom. The summed E-state index contributed by atoms with van der Waals surface area (Å²) in [5.74, 6) is 2.40. The summed E-state index contributed by atoms with van der Waals surface area (Å²) in [5.41, 5.74) is 0.261. The molecule has 4 bridgehead atoms. The third kappa shape index (κ3) is 3.53. The zero-order valence-electron chi connectivity index (χ0n) is 16.7. The lowest BCUT2D eigenvalue weighted by molar-refractivity contribution is -0.128. The molecule has 27 heavy (non-hydrogen) atoms. The van der Waals surface area contributed by atoms with E-state index in [1.807, 2.05) is 13.8 Å². The Kier molecular flexibility index (Phi) is 4.81. The average Bonchev–Trinajstić information content (AvgIpc) is 3.12. The van der Waals surface area contributed by atoms with Crippen LogP contribution in [0.5, 0.6) is 0 Å². The summed E-state index contributed by atoms with van der Waals surface area (Å²) in [5, 5.41) is 6.14. The van der Waals surface area contributed by atoms with E-state index < -0.39 is 6.04 Å². The first-order chi connectivity index (χ1) is 12.9.